The van der Waals surface area contributed by atoms with Crippen molar-refractivity contribution in [1.82, 2.24) is 14.8 Å². The molecule has 0 unspecified atom stereocenters. The highest BCUT2D eigenvalue weighted by molar-refractivity contribution is 6.00. The Kier molecular flexibility index (Phi) is 7.28. The second-order valence-electron chi connectivity index (χ2n) is 10.1. The van der Waals surface area contributed by atoms with Crippen molar-refractivity contribution in [2.24, 2.45) is 5.92 Å². The summed E-state index contributed by atoms with van der Waals surface area (Å²) >= 11 is 0. The predicted octanol–water partition coefficient (Wildman–Crippen LogP) is 4.00. The normalized spacial score (nSPS) is 19.3. The zero-order valence-corrected chi connectivity index (χ0v) is 20.1. The van der Waals surface area contributed by atoms with Gasteiger partial charge in [-0.25, -0.2) is 4.98 Å². The number of anilines is 1. The Morgan fingerprint density at radius 1 is 1.06 bits per heavy atom. The van der Waals surface area contributed by atoms with Gasteiger partial charge in [0.05, 0.1) is 18.5 Å². The average Bonchev–Trinajstić information content (AvgIpc) is 3.22. The number of carbonyl (C=O) groups is 2. The molecule has 2 aliphatic heterocycles. The minimum absolute atomic E-state index is 0.00912. The molecule has 0 bridgehead atoms. The van der Waals surface area contributed by atoms with Crippen molar-refractivity contribution in [1.29, 1.82) is 0 Å². The van der Waals surface area contributed by atoms with Crippen LogP contribution in [0.2, 0.25) is 0 Å². The summed E-state index contributed by atoms with van der Waals surface area (Å²) in [5.41, 5.74) is 1.78. The quantitative estimate of drug-likeness (QED) is 0.598. The molecule has 2 aromatic rings. The number of ether oxygens (including phenoxy) is 1. The van der Waals surface area contributed by atoms with E-state index in [1.54, 1.807) is 0 Å². The van der Waals surface area contributed by atoms with Crippen molar-refractivity contribution in [3.63, 3.8) is 0 Å². The lowest BCUT2D eigenvalue weighted by molar-refractivity contribution is -0.133. The van der Waals surface area contributed by atoms with E-state index >= 15 is 0 Å². The van der Waals surface area contributed by atoms with E-state index in [1.165, 1.54) is 38.6 Å². The van der Waals surface area contributed by atoms with Gasteiger partial charge in [-0.2, -0.15) is 0 Å². The maximum atomic E-state index is 12.6. The third kappa shape index (κ3) is 5.69. The highest BCUT2D eigenvalue weighted by Gasteiger charge is 2.24. The van der Waals surface area contributed by atoms with Crippen LogP contribution in [-0.2, 0) is 16.0 Å². The standard InChI is InChI=1S/C27H36N4O3/c32-25-18-22-16-21-17-23(9-10-24(21)28-27(22)29-25)34-15-5-4-8-26(33)31-13-11-30(12-14-31)19-20-6-2-1-3-7-20/h9-10,16-17,20H,1-8,11-15,18-19H2,(H,28,29,32). The van der Waals surface area contributed by atoms with Gasteiger partial charge in [0.25, 0.3) is 0 Å². The van der Waals surface area contributed by atoms with E-state index < -0.39 is 0 Å². The minimum atomic E-state index is -0.00912. The van der Waals surface area contributed by atoms with E-state index in [0.717, 1.165) is 67.2 Å². The lowest BCUT2D eigenvalue weighted by atomic mass is 9.89. The molecule has 182 valence electrons. The summed E-state index contributed by atoms with van der Waals surface area (Å²) in [6.45, 7) is 5.61. The van der Waals surface area contributed by atoms with Gasteiger partial charge in [0.2, 0.25) is 11.8 Å². The van der Waals surface area contributed by atoms with E-state index in [1.807, 2.05) is 29.2 Å². The molecule has 1 aromatic carbocycles. The number of nitrogens with zero attached hydrogens (tertiary/aromatic N) is 3. The van der Waals surface area contributed by atoms with Gasteiger partial charge >= 0.3 is 0 Å². The van der Waals surface area contributed by atoms with Gasteiger partial charge in [0.15, 0.2) is 0 Å². The minimum Gasteiger partial charge on any atom is -0.494 e. The van der Waals surface area contributed by atoms with Gasteiger partial charge in [-0.15, -0.1) is 0 Å². The topological polar surface area (TPSA) is 74.8 Å². The predicted molar refractivity (Wildman–Crippen MR) is 133 cm³/mol. The summed E-state index contributed by atoms with van der Waals surface area (Å²) in [7, 11) is 0. The second-order valence-corrected chi connectivity index (χ2v) is 10.1. The highest BCUT2D eigenvalue weighted by Crippen LogP contribution is 2.28. The summed E-state index contributed by atoms with van der Waals surface area (Å²) in [4.78, 5) is 33.3. The van der Waals surface area contributed by atoms with Crippen LogP contribution >= 0.6 is 0 Å². The molecule has 0 atom stereocenters. The van der Waals surface area contributed by atoms with Gasteiger partial charge in [-0.1, -0.05) is 19.3 Å². The Labute approximate surface area is 201 Å². The van der Waals surface area contributed by atoms with Gasteiger partial charge in [-0.3, -0.25) is 14.5 Å². The second kappa shape index (κ2) is 10.7. The van der Waals surface area contributed by atoms with Gasteiger partial charge in [-0.05, 0) is 55.9 Å². The number of hydrogen-bond acceptors (Lipinski definition) is 5. The third-order valence-electron chi connectivity index (χ3n) is 7.49. The highest BCUT2D eigenvalue weighted by atomic mass is 16.5. The Morgan fingerprint density at radius 3 is 2.71 bits per heavy atom. The molecule has 1 aliphatic carbocycles. The van der Waals surface area contributed by atoms with Crippen LogP contribution in [0.5, 0.6) is 5.75 Å². The maximum Gasteiger partial charge on any atom is 0.230 e. The molecule has 0 radical (unpaired) electrons. The van der Waals surface area contributed by atoms with Crippen LogP contribution in [0.3, 0.4) is 0 Å². The lowest BCUT2D eigenvalue weighted by Crippen LogP contribution is -2.49. The SMILES string of the molecule is O=C1Cc2cc3cc(OCCCCC(=O)N4CCN(CC5CCCCC5)CC4)ccc3nc2N1. The van der Waals surface area contributed by atoms with E-state index in [-0.39, 0.29) is 11.8 Å². The van der Waals surface area contributed by atoms with Crippen LogP contribution in [0, 0.1) is 5.92 Å². The van der Waals surface area contributed by atoms with Crippen LogP contribution < -0.4 is 10.1 Å². The number of amides is 2. The Morgan fingerprint density at radius 2 is 1.88 bits per heavy atom. The molecule has 1 saturated heterocycles. The first kappa shape index (κ1) is 23.1. The Hall–Kier alpha value is -2.67. The van der Waals surface area contributed by atoms with Crippen LogP contribution in [-0.4, -0.2) is 65.9 Å². The Balaban J connectivity index is 1.000. The van der Waals surface area contributed by atoms with Crippen LogP contribution in [0.25, 0.3) is 10.9 Å². The number of carbonyl (C=O) groups excluding carboxylic acids is 2. The number of unbranched alkanes of at least 4 members (excludes halogenated alkanes) is 1. The molecule has 7 nitrogen and oxygen atoms in total. The molecule has 34 heavy (non-hydrogen) atoms. The number of hydrogen-bond donors (Lipinski definition) is 1. The van der Waals surface area contributed by atoms with Gasteiger partial charge in [0.1, 0.15) is 11.6 Å². The van der Waals surface area contributed by atoms with Crippen LogP contribution in [0.1, 0.15) is 56.9 Å². The third-order valence-corrected chi connectivity index (χ3v) is 7.49. The van der Waals surface area contributed by atoms with Gasteiger partial charge in [0, 0.05) is 50.1 Å². The summed E-state index contributed by atoms with van der Waals surface area (Å²) < 4.78 is 5.93. The summed E-state index contributed by atoms with van der Waals surface area (Å²) in [5.74, 6) is 2.61. The number of pyridine rings is 1. The molecule has 7 heteroatoms. The molecule has 0 spiro atoms. The molecule has 2 amide bonds. The Bertz CT molecular complexity index is 1030. The number of nitrogens with one attached hydrogen (secondary N) is 1. The van der Waals surface area contributed by atoms with Crippen molar-refractivity contribution in [3.05, 3.63) is 29.8 Å². The monoisotopic (exact) mass is 464 g/mol. The number of aromatic nitrogens is 1. The van der Waals surface area contributed by atoms with Crippen molar-refractivity contribution >= 4 is 28.5 Å². The molecule has 1 aromatic heterocycles. The smallest absolute Gasteiger partial charge is 0.230 e. The number of piperazine rings is 1. The van der Waals surface area contributed by atoms with Crippen LogP contribution in [0.15, 0.2) is 24.3 Å². The van der Waals surface area contributed by atoms with E-state index in [2.05, 4.69) is 15.2 Å². The first-order valence-electron chi connectivity index (χ1n) is 13.0. The van der Waals surface area contributed by atoms with Crippen molar-refractivity contribution < 1.29 is 14.3 Å². The molecular weight excluding hydrogens is 428 g/mol. The molecule has 1 saturated carbocycles. The van der Waals surface area contributed by atoms with Crippen molar-refractivity contribution in [3.8, 4) is 5.75 Å². The molecular formula is C27H36N4O3. The molecule has 5 rings (SSSR count). The number of fused-ring (bicyclic) bond motifs is 2. The average molecular weight is 465 g/mol. The molecule has 3 heterocycles. The summed E-state index contributed by atoms with van der Waals surface area (Å²) in [5, 5.41) is 3.77. The summed E-state index contributed by atoms with van der Waals surface area (Å²) in [6.07, 6.45) is 9.65. The summed E-state index contributed by atoms with van der Waals surface area (Å²) in [6, 6.07) is 7.82. The first-order valence-corrected chi connectivity index (χ1v) is 13.0. The maximum absolute atomic E-state index is 12.6. The number of rotatable bonds is 8. The van der Waals surface area contributed by atoms with Crippen LogP contribution in [0.4, 0.5) is 5.82 Å². The lowest BCUT2D eigenvalue weighted by Gasteiger charge is -2.37. The first-order chi connectivity index (χ1) is 16.6. The number of benzene rings is 1. The molecule has 2 fully saturated rings. The van der Waals surface area contributed by atoms with Gasteiger partial charge < -0.3 is 15.0 Å². The fourth-order valence-corrected chi connectivity index (χ4v) is 5.52. The van der Waals surface area contributed by atoms with Crippen molar-refractivity contribution in [2.75, 3.05) is 44.6 Å². The molecule has 3 aliphatic rings. The zero-order valence-electron chi connectivity index (χ0n) is 20.1. The van der Waals surface area contributed by atoms with Crippen molar-refractivity contribution in [2.45, 2.75) is 57.8 Å². The fourth-order valence-electron chi connectivity index (χ4n) is 5.52. The van der Waals surface area contributed by atoms with E-state index in [4.69, 9.17) is 4.74 Å². The largest absolute Gasteiger partial charge is 0.494 e. The van der Waals surface area contributed by atoms with E-state index in [9.17, 15) is 9.59 Å². The zero-order chi connectivity index (χ0) is 23.3. The fraction of sp³-hybridized carbons (Fsp3) is 0.593. The van der Waals surface area contributed by atoms with E-state index in [0.29, 0.717) is 25.3 Å². The molecule has 1 N–H and O–H groups in total.